The summed E-state index contributed by atoms with van der Waals surface area (Å²) in [5.41, 5.74) is 6.33. The second-order valence-electron chi connectivity index (χ2n) is 7.55. The quantitative estimate of drug-likeness (QED) is 0.786. The third-order valence-electron chi connectivity index (χ3n) is 6.19. The summed E-state index contributed by atoms with van der Waals surface area (Å²) in [6.07, 6.45) is 7.06. The normalized spacial score (nSPS) is 33.5. The maximum Gasteiger partial charge on any atom is 0.309 e. The number of rotatable bonds is 3. The van der Waals surface area contributed by atoms with E-state index in [9.17, 15) is 9.59 Å². The van der Waals surface area contributed by atoms with Gasteiger partial charge >= 0.3 is 5.97 Å². The summed E-state index contributed by atoms with van der Waals surface area (Å²) < 4.78 is 5.10. The Morgan fingerprint density at radius 3 is 2.17 bits per heavy atom. The molecule has 2 atom stereocenters. The summed E-state index contributed by atoms with van der Waals surface area (Å²) in [5, 5.41) is 0. The molecule has 1 amide bonds. The maximum atomic E-state index is 12.9. The maximum absolute atomic E-state index is 12.9. The second-order valence-corrected chi connectivity index (χ2v) is 7.55. The number of hydrogen-bond acceptors (Lipinski definition) is 4. The highest BCUT2D eigenvalue weighted by molar-refractivity contribution is 5.85. The van der Waals surface area contributed by atoms with E-state index >= 15 is 0 Å². The number of hydrogen-bond donors (Lipinski definition) is 1. The van der Waals surface area contributed by atoms with Crippen LogP contribution in [0.15, 0.2) is 0 Å². The number of carbonyl (C=O) groups excluding carboxylic acids is 2. The van der Waals surface area contributed by atoms with Crippen molar-refractivity contribution in [2.75, 3.05) is 19.7 Å². The van der Waals surface area contributed by atoms with Crippen molar-refractivity contribution in [1.29, 1.82) is 0 Å². The van der Waals surface area contributed by atoms with E-state index in [0.717, 1.165) is 25.7 Å². The Kier molecular flexibility index (Phi) is 6.93. The summed E-state index contributed by atoms with van der Waals surface area (Å²) in [6, 6.07) is 0.308. The lowest BCUT2D eigenvalue weighted by atomic mass is 9.65. The molecule has 0 aromatic carbocycles. The van der Waals surface area contributed by atoms with Gasteiger partial charge < -0.3 is 15.4 Å². The molecule has 1 aliphatic heterocycles. The van der Waals surface area contributed by atoms with Crippen molar-refractivity contribution < 1.29 is 14.3 Å². The van der Waals surface area contributed by atoms with Crippen LogP contribution in [0.25, 0.3) is 0 Å². The zero-order valence-electron chi connectivity index (χ0n) is 14.6. The van der Waals surface area contributed by atoms with Crippen molar-refractivity contribution >= 4 is 24.3 Å². The summed E-state index contributed by atoms with van der Waals surface area (Å²) in [6.45, 7) is 3.66. The third-order valence-corrected chi connectivity index (χ3v) is 6.19. The van der Waals surface area contributed by atoms with E-state index in [1.54, 1.807) is 0 Å². The molecule has 138 valence electrons. The van der Waals surface area contributed by atoms with Crippen LogP contribution in [0.2, 0.25) is 0 Å². The van der Waals surface area contributed by atoms with Crippen LogP contribution in [0.4, 0.5) is 0 Å². The molecule has 1 heterocycles. The molecule has 2 unspecified atom stereocenters. The first kappa shape index (κ1) is 19.5. The zero-order valence-corrected chi connectivity index (χ0v) is 15.4. The molecule has 5 nitrogen and oxygen atoms in total. The molecule has 3 rings (SSSR count). The lowest BCUT2D eigenvalue weighted by molar-refractivity contribution is -0.152. The summed E-state index contributed by atoms with van der Waals surface area (Å²) in [5.74, 6) is 1.40. The number of nitrogens with zero attached hydrogens (tertiary/aromatic N) is 1. The number of halogens is 1. The smallest absolute Gasteiger partial charge is 0.309 e. The van der Waals surface area contributed by atoms with Gasteiger partial charge in [0.25, 0.3) is 0 Å². The summed E-state index contributed by atoms with van der Waals surface area (Å²) in [7, 11) is 0. The van der Waals surface area contributed by atoms with Gasteiger partial charge in [-0.2, -0.15) is 0 Å². The van der Waals surface area contributed by atoms with Crippen molar-refractivity contribution in [1.82, 2.24) is 4.90 Å². The topological polar surface area (TPSA) is 72.6 Å². The van der Waals surface area contributed by atoms with Crippen molar-refractivity contribution in [3.8, 4) is 0 Å². The van der Waals surface area contributed by atoms with Gasteiger partial charge in [0.2, 0.25) is 5.91 Å². The van der Waals surface area contributed by atoms with E-state index in [0.29, 0.717) is 43.5 Å². The Bertz CT molecular complexity index is 438. The van der Waals surface area contributed by atoms with E-state index in [2.05, 4.69) is 0 Å². The van der Waals surface area contributed by atoms with Crippen LogP contribution < -0.4 is 5.73 Å². The Balaban J connectivity index is 0.00000208. The summed E-state index contributed by atoms with van der Waals surface area (Å²) >= 11 is 0. The average Bonchev–Trinajstić information content (AvgIpc) is 2.54. The van der Waals surface area contributed by atoms with E-state index < -0.39 is 0 Å². The molecule has 2 N–H and O–H groups in total. The van der Waals surface area contributed by atoms with Gasteiger partial charge in [-0.3, -0.25) is 9.59 Å². The molecule has 0 aromatic heterocycles. The number of fused-ring (bicyclic) bond motifs is 2. The number of amides is 1. The van der Waals surface area contributed by atoms with Crippen LogP contribution in [-0.4, -0.2) is 42.5 Å². The predicted octanol–water partition coefficient (Wildman–Crippen LogP) is 2.36. The van der Waals surface area contributed by atoms with Gasteiger partial charge in [-0.25, -0.2) is 0 Å². The highest BCUT2D eigenvalue weighted by atomic mass is 35.5. The fraction of sp³-hybridized carbons (Fsp3) is 0.889. The minimum Gasteiger partial charge on any atom is -0.466 e. The van der Waals surface area contributed by atoms with Crippen molar-refractivity contribution in [3.05, 3.63) is 0 Å². The van der Waals surface area contributed by atoms with Crippen molar-refractivity contribution in [2.45, 2.75) is 57.9 Å². The first-order valence-electron chi connectivity index (χ1n) is 9.31. The molecule has 0 radical (unpaired) electrons. The molecule has 6 heteroatoms. The number of nitrogens with two attached hydrogens (primary N) is 1. The fourth-order valence-electron chi connectivity index (χ4n) is 4.84. The van der Waals surface area contributed by atoms with Gasteiger partial charge in [0.15, 0.2) is 0 Å². The highest BCUT2D eigenvalue weighted by Gasteiger charge is 2.42. The van der Waals surface area contributed by atoms with E-state index in [1.807, 2.05) is 11.8 Å². The van der Waals surface area contributed by atoms with Gasteiger partial charge in [0, 0.05) is 25.0 Å². The van der Waals surface area contributed by atoms with E-state index in [-0.39, 0.29) is 30.2 Å². The van der Waals surface area contributed by atoms with E-state index in [4.69, 9.17) is 10.5 Å². The molecule has 2 saturated carbocycles. The van der Waals surface area contributed by atoms with Crippen LogP contribution in [0, 0.1) is 23.7 Å². The highest BCUT2D eigenvalue weighted by Crippen LogP contribution is 2.42. The van der Waals surface area contributed by atoms with Crippen LogP contribution in [0.3, 0.4) is 0 Å². The molecule has 2 aliphatic carbocycles. The SMILES string of the molecule is CCOC(=O)C1CCN(C(=O)C2CC3CCCC(C2)C3N)CC1.Cl. The van der Waals surface area contributed by atoms with Crippen molar-refractivity contribution in [3.63, 3.8) is 0 Å². The Hall–Kier alpha value is -0.810. The molecular weight excluding hydrogens is 328 g/mol. The van der Waals surface area contributed by atoms with Crippen molar-refractivity contribution in [2.24, 2.45) is 29.4 Å². The molecular formula is C18H31ClN2O3. The molecule has 3 aliphatic rings. The lowest BCUT2D eigenvalue weighted by Crippen LogP contribution is -2.51. The molecule has 0 aromatic rings. The summed E-state index contributed by atoms with van der Waals surface area (Å²) in [4.78, 5) is 26.6. The zero-order chi connectivity index (χ0) is 16.4. The number of likely N-dealkylation sites (tertiary alicyclic amines) is 1. The van der Waals surface area contributed by atoms with Gasteiger partial charge in [-0.05, 0) is 57.3 Å². The Labute approximate surface area is 151 Å². The van der Waals surface area contributed by atoms with Gasteiger partial charge in [0.05, 0.1) is 12.5 Å². The first-order valence-corrected chi connectivity index (χ1v) is 9.31. The predicted molar refractivity (Wildman–Crippen MR) is 94.7 cm³/mol. The van der Waals surface area contributed by atoms with Gasteiger partial charge in [0.1, 0.15) is 0 Å². The molecule has 1 saturated heterocycles. The Morgan fingerprint density at radius 1 is 1.04 bits per heavy atom. The van der Waals surface area contributed by atoms with Crippen LogP contribution in [-0.2, 0) is 14.3 Å². The number of ether oxygens (including phenoxy) is 1. The standard InChI is InChI=1S/C18H30N2O3.ClH/c1-2-23-18(22)12-6-8-20(9-7-12)17(21)15-10-13-4-3-5-14(11-15)16(13)19;/h12-16H,2-11,19H2,1H3;1H. The van der Waals surface area contributed by atoms with Gasteiger partial charge in [-0.1, -0.05) is 6.42 Å². The van der Waals surface area contributed by atoms with Crippen LogP contribution >= 0.6 is 12.4 Å². The number of carbonyl (C=O) groups is 2. The number of piperidine rings is 1. The van der Waals surface area contributed by atoms with Crippen LogP contribution in [0.1, 0.15) is 51.9 Å². The molecule has 24 heavy (non-hydrogen) atoms. The average molecular weight is 359 g/mol. The monoisotopic (exact) mass is 358 g/mol. The second kappa shape index (κ2) is 8.52. The minimum absolute atomic E-state index is 0. The fourth-order valence-corrected chi connectivity index (χ4v) is 4.84. The Morgan fingerprint density at radius 2 is 1.62 bits per heavy atom. The van der Waals surface area contributed by atoms with Crippen LogP contribution in [0.5, 0.6) is 0 Å². The third kappa shape index (κ3) is 4.05. The molecule has 0 spiro atoms. The van der Waals surface area contributed by atoms with Gasteiger partial charge in [-0.15, -0.1) is 12.4 Å². The lowest BCUT2D eigenvalue weighted by Gasteiger charge is -2.45. The first-order chi connectivity index (χ1) is 11.1. The molecule has 3 fully saturated rings. The van der Waals surface area contributed by atoms with E-state index in [1.165, 1.54) is 19.3 Å². The largest absolute Gasteiger partial charge is 0.466 e. The minimum atomic E-state index is -0.0993. The molecule has 2 bridgehead atoms. The number of esters is 1.